The Hall–Kier alpha value is -1.68. The Morgan fingerprint density at radius 3 is 2.59 bits per heavy atom. The van der Waals surface area contributed by atoms with Gasteiger partial charge in [0.25, 0.3) is 0 Å². The molecule has 1 heterocycles. The van der Waals surface area contributed by atoms with Crippen molar-refractivity contribution in [1.82, 2.24) is 10.1 Å². The zero-order valence-electron chi connectivity index (χ0n) is 10.2. The average molecular weight is 231 g/mol. The molecule has 17 heavy (non-hydrogen) atoms. The fourth-order valence-electron chi connectivity index (χ4n) is 1.47. The van der Waals surface area contributed by atoms with Crippen LogP contribution in [-0.2, 0) is 11.8 Å². The molecule has 4 heteroatoms. The molecule has 0 unspecified atom stereocenters. The third-order valence-corrected chi connectivity index (χ3v) is 2.76. The molecule has 2 rings (SSSR count). The monoisotopic (exact) mass is 231 g/mol. The van der Waals surface area contributed by atoms with E-state index in [0.717, 1.165) is 0 Å². The van der Waals surface area contributed by atoms with E-state index >= 15 is 0 Å². The number of benzene rings is 1. The van der Waals surface area contributed by atoms with Crippen LogP contribution in [0.2, 0.25) is 0 Å². The average Bonchev–Trinajstić information content (AvgIpc) is 2.80. The number of hydrogen-bond donors (Lipinski definition) is 1. The number of rotatable bonds is 4. The standard InChI is InChI=1S/C13H17N3O/c1-13(2,9-14)12-15-11(16-17-12)8-10-6-4-3-5-7-10/h3-7H,8-9,14H2,1-2H3. The van der Waals surface area contributed by atoms with Gasteiger partial charge in [-0.3, -0.25) is 0 Å². The highest BCUT2D eigenvalue weighted by Gasteiger charge is 2.25. The summed E-state index contributed by atoms with van der Waals surface area (Å²) in [6.45, 7) is 4.47. The van der Waals surface area contributed by atoms with Crippen LogP contribution in [0.4, 0.5) is 0 Å². The molecular formula is C13H17N3O. The van der Waals surface area contributed by atoms with E-state index in [2.05, 4.69) is 10.1 Å². The summed E-state index contributed by atoms with van der Waals surface area (Å²) in [6, 6.07) is 10.1. The van der Waals surface area contributed by atoms with Gasteiger partial charge in [0.2, 0.25) is 5.89 Å². The third kappa shape index (κ3) is 2.71. The second-order valence-corrected chi connectivity index (χ2v) is 4.77. The van der Waals surface area contributed by atoms with E-state index in [1.54, 1.807) is 0 Å². The molecule has 0 radical (unpaired) electrons. The van der Waals surface area contributed by atoms with E-state index < -0.39 is 0 Å². The van der Waals surface area contributed by atoms with Gasteiger partial charge in [0.05, 0.1) is 5.41 Å². The van der Waals surface area contributed by atoms with Gasteiger partial charge in [-0.2, -0.15) is 4.98 Å². The van der Waals surface area contributed by atoms with E-state index in [1.807, 2.05) is 44.2 Å². The molecule has 0 saturated carbocycles. The third-order valence-electron chi connectivity index (χ3n) is 2.76. The molecule has 0 saturated heterocycles. The minimum atomic E-state index is -0.262. The van der Waals surface area contributed by atoms with E-state index in [0.29, 0.717) is 24.7 Å². The quantitative estimate of drug-likeness (QED) is 0.872. The number of nitrogens with zero attached hydrogens (tertiary/aromatic N) is 2. The van der Waals surface area contributed by atoms with Crippen LogP contribution < -0.4 is 5.73 Å². The molecule has 90 valence electrons. The summed E-state index contributed by atoms with van der Waals surface area (Å²) in [5.74, 6) is 1.30. The minimum Gasteiger partial charge on any atom is -0.339 e. The summed E-state index contributed by atoms with van der Waals surface area (Å²) in [5, 5.41) is 3.98. The normalized spacial score (nSPS) is 11.7. The first-order valence-corrected chi connectivity index (χ1v) is 5.69. The molecule has 0 amide bonds. The van der Waals surface area contributed by atoms with Gasteiger partial charge in [0.15, 0.2) is 5.82 Å². The Kier molecular flexibility index (Phi) is 3.24. The van der Waals surface area contributed by atoms with Crippen LogP contribution in [0.25, 0.3) is 0 Å². The molecule has 2 N–H and O–H groups in total. The molecular weight excluding hydrogens is 214 g/mol. The van der Waals surface area contributed by atoms with E-state index in [1.165, 1.54) is 5.56 Å². The Balaban J connectivity index is 2.14. The van der Waals surface area contributed by atoms with Gasteiger partial charge in [-0.05, 0) is 19.4 Å². The highest BCUT2D eigenvalue weighted by Crippen LogP contribution is 2.20. The lowest BCUT2D eigenvalue weighted by molar-refractivity contribution is 0.309. The van der Waals surface area contributed by atoms with Gasteiger partial charge in [-0.25, -0.2) is 0 Å². The second-order valence-electron chi connectivity index (χ2n) is 4.77. The highest BCUT2D eigenvalue weighted by atomic mass is 16.5. The predicted molar refractivity (Wildman–Crippen MR) is 65.6 cm³/mol. The minimum absolute atomic E-state index is 0.262. The molecule has 0 aliphatic heterocycles. The zero-order chi connectivity index (χ0) is 12.3. The lowest BCUT2D eigenvalue weighted by Crippen LogP contribution is -2.28. The van der Waals surface area contributed by atoms with Crippen LogP contribution in [0.3, 0.4) is 0 Å². The van der Waals surface area contributed by atoms with Gasteiger partial charge in [0.1, 0.15) is 0 Å². The van der Waals surface area contributed by atoms with Crippen LogP contribution in [-0.4, -0.2) is 16.7 Å². The maximum Gasteiger partial charge on any atom is 0.233 e. The van der Waals surface area contributed by atoms with Gasteiger partial charge in [0, 0.05) is 13.0 Å². The molecule has 4 nitrogen and oxygen atoms in total. The molecule has 1 aromatic carbocycles. The fourth-order valence-corrected chi connectivity index (χ4v) is 1.47. The summed E-state index contributed by atoms with van der Waals surface area (Å²) in [4.78, 5) is 4.39. The maximum absolute atomic E-state index is 5.67. The first-order valence-electron chi connectivity index (χ1n) is 5.69. The molecule has 2 aromatic rings. The van der Waals surface area contributed by atoms with Crippen LogP contribution in [0.5, 0.6) is 0 Å². The zero-order valence-corrected chi connectivity index (χ0v) is 10.2. The van der Waals surface area contributed by atoms with Crippen molar-refractivity contribution in [3.63, 3.8) is 0 Å². The van der Waals surface area contributed by atoms with Gasteiger partial charge < -0.3 is 10.3 Å². The maximum atomic E-state index is 5.67. The van der Waals surface area contributed by atoms with E-state index in [-0.39, 0.29) is 5.41 Å². The van der Waals surface area contributed by atoms with Crippen molar-refractivity contribution in [3.8, 4) is 0 Å². The molecule has 0 spiro atoms. The van der Waals surface area contributed by atoms with Crippen molar-refractivity contribution in [3.05, 3.63) is 47.6 Å². The Morgan fingerprint density at radius 2 is 1.94 bits per heavy atom. The van der Waals surface area contributed by atoms with E-state index in [4.69, 9.17) is 10.3 Å². The molecule has 1 aromatic heterocycles. The van der Waals surface area contributed by atoms with Crippen LogP contribution in [0.1, 0.15) is 31.1 Å². The van der Waals surface area contributed by atoms with E-state index in [9.17, 15) is 0 Å². The molecule has 0 aliphatic carbocycles. The number of nitrogens with two attached hydrogens (primary N) is 1. The Bertz CT molecular complexity index is 476. The SMILES string of the molecule is CC(C)(CN)c1nc(Cc2ccccc2)no1. The van der Waals surface area contributed by atoms with Gasteiger partial charge in [-0.15, -0.1) is 0 Å². The first-order chi connectivity index (χ1) is 8.12. The lowest BCUT2D eigenvalue weighted by Gasteiger charge is -2.15. The molecule has 0 aliphatic rings. The predicted octanol–water partition coefficient (Wildman–Crippen LogP) is 1.90. The van der Waals surface area contributed by atoms with Crippen molar-refractivity contribution in [2.75, 3.05) is 6.54 Å². The van der Waals surface area contributed by atoms with Crippen molar-refractivity contribution in [1.29, 1.82) is 0 Å². The Labute approximate surface area is 101 Å². The summed E-state index contributed by atoms with van der Waals surface area (Å²) in [5.41, 5.74) is 6.58. The fraction of sp³-hybridized carbons (Fsp3) is 0.385. The van der Waals surface area contributed by atoms with Crippen molar-refractivity contribution in [2.24, 2.45) is 5.73 Å². The van der Waals surface area contributed by atoms with Crippen LogP contribution >= 0.6 is 0 Å². The number of hydrogen-bond acceptors (Lipinski definition) is 4. The van der Waals surface area contributed by atoms with Crippen LogP contribution in [0, 0.1) is 0 Å². The molecule has 0 atom stereocenters. The Morgan fingerprint density at radius 1 is 1.24 bits per heavy atom. The lowest BCUT2D eigenvalue weighted by atomic mass is 9.94. The molecule has 0 bridgehead atoms. The topological polar surface area (TPSA) is 64.9 Å². The van der Waals surface area contributed by atoms with Gasteiger partial charge in [-0.1, -0.05) is 35.5 Å². The first kappa shape index (κ1) is 11.8. The largest absolute Gasteiger partial charge is 0.339 e. The highest BCUT2D eigenvalue weighted by molar-refractivity contribution is 5.18. The smallest absolute Gasteiger partial charge is 0.233 e. The van der Waals surface area contributed by atoms with Crippen LogP contribution in [0.15, 0.2) is 34.9 Å². The summed E-state index contributed by atoms with van der Waals surface area (Å²) in [7, 11) is 0. The summed E-state index contributed by atoms with van der Waals surface area (Å²) in [6.07, 6.45) is 0.686. The second kappa shape index (κ2) is 4.67. The van der Waals surface area contributed by atoms with Crippen molar-refractivity contribution in [2.45, 2.75) is 25.7 Å². The van der Waals surface area contributed by atoms with Crippen molar-refractivity contribution >= 4 is 0 Å². The summed E-state index contributed by atoms with van der Waals surface area (Å²) < 4.78 is 5.25. The summed E-state index contributed by atoms with van der Waals surface area (Å²) >= 11 is 0. The van der Waals surface area contributed by atoms with Crippen molar-refractivity contribution < 1.29 is 4.52 Å². The molecule has 0 fully saturated rings. The van der Waals surface area contributed by atoms with Gasteiger partial charge >= 0.3 is 0 Å². The number of aromatic nitrogens is 2.